The number of hydrogen-bond donors (Lipinski definition) is 1. The van der Waals surface area contributed by atoms with Crippen LogP contribution in [0.15, 0.2) is 47.0 Å². The Morgan fingerprint density at radius 1 is 1.25 bits per heavy atom. The summed E-state index contributed by atoms with van der Waals surface area (Å²) >= 11 is 0. The molecule has 2 N–H and O–H groups in total. The molecule has 8 heteroatoms. The molecule has 0 aliphatic carbocycles. The molecule has 0 saturated heterocycles. The Morgan fingerprint density at radius 2 is 2.00 bits per heavy atom. The Morgan fingerprint density at radius 3 is 2.62 bits per heavy atom. The van der Waals surface area contributed by atoms with E-state index in [0.29, 0.717) is 29.2 Å². The zero-order valence-corrected chi connectivity index (χ0v) is 12.8. The fourth-order valence-corrected chi connectivity index (χ4v) is 2.23. The van der Waals surface area contributed by atoms with Gasteiger partial charge < -0.3 is 15.0 Å². The van der Waals surface area contributed by atoms with Crippen molar-refractivity contribution in [2.24, 2.45) is 5.73 Å². The van der Waals surface area contributed by atoms with Gasteiger partial charge in [-0.1, -0.05) is 11.2 Å². The predicted molar refractivity (Wildman–Crippen MR) is 86.3 cm³/mol. The zero-order chi connectivity index (χ0) is 17.1. The van der Waals surface area contributed by atoms with Crippen molar-refractivity contribution in [1.29, 1.82) is 0 Å². The molecule has 0 aliphatic rings. The first-order valence-electron chi connectivity index (χ1n) is 7.08. The number of aromatic nitrogens is 2. The number of hydrogen-bond acceptors (Lipinski definition) is 7. The lowest BCUT2D eigenvalue weighted by Gasteiger charge is -2.06. The average molecular weight is 326 g/mol. The van der Waals surface area contributed by atoms with Crippen molar-refractivity contribution in [2.45, 2.75) is 6.54 Å². The van der Waals surface area contributed by atoms with Gasteiger partial charge in [0.1, 0.15) is 5.75 Å². The molecule has 0 atom stereocenters. The van der Waals surface area contributed by atoms with E-state index in [1.807, 2.05) is 12.1 Å². The van der Waals surface area contributed by atoms with Gasteiger partial charge >= 0.3 is 0 Å². The summed E-state index contributed by atoms with van der Waals surface area (Å²) in [6.45, 7) is 0.375. The molecule has 1 aromatic heterocycles. The number of rotatable bonds is 5. The van der Waals surface area contributed by atoms with Crippen molar-refractivity contribution in [3.8, 4) is 28.6 Å². The molecule has 0 amide bonds. The third kappa shape index (κ3) is 2.95. The lowest BCUT2D eigenvalue weighted by molar-refractivity contribution is -0.384. The van der Waals surface area contributed by atoms with Crippen LogP contribution in [0, 0.1) is 10.1 Å². The number of nitro benzene ring substituents is 1. The number of nitrogens with two attached hydrogens (primary N) is 1. The standard InChI is InChI=1S/C16H14N4O4/c1-23-14-7-2-10(9-17)8-13(14)16-18-15(19-24-16)11-3-5-12(6-4-11)20(21)22/h2-8H,9,17H2,1H3. The second-order valence-electron chi connectivity index (χ2n) is 4.97. The molecule has 24 heavy (non-hydrogen) atoms. The summed E-state index contributed by atoms with van der Waals surface area (Å²) in [4.78, 5) is 14.6. The Balaban J connectivity index is 1.97. The van der Waals surface area contributed by atoms with Gasteiger partial charge in [0.2, 0.25) is 5.82 Å². The van der Waals surface area contributed by atoms with Crippen molar-refractivity contribution >= 4 is 5.69 Å². The van der Waals surface area contributed by atoms with Gasteiger partial charge in [-0.25, -0.2) is 0 Å². The molecular formula is C16H14N4O4. The molecule has 0 saturated carbocycles. The van der Waals surface area contributed by atoms with E-state index < -0.39 is 4.92 Å². The number of nitrogens with zero attached hydrogens (tertiary/aromatic N) is 3. The molecule has 8 nitrogen and oxygen atoms in total. The highest BCUT2D eigenvalue weighted by atomic mass is 16.6. The molecule has 2 aromatic carbocycles. The maximum Gasteiger partial charge on any atom is 0.269 e. The van der Waals surface area contributed by atoms with Crippen LogP contribution >= 0.6 is 0 Å². The highest BCUT2D eigenvalue weighted by molar-refractivity contribution is 5.66. The maximum absolute atomic E-state index is 10.7. The van der Waals surface area contributed by atoms with Crippen LogP contribution in [-0.4, -0.2) is 22.2 Å². The van der Waals surface area contributed by atoms with Crippen molar-refractivity contribution in [2.75, 3.05) is 7.11 Å². The van der Waals surface area contributed by atoms with Gasteiger partial charge in [0.25, 0.3) is 11.6 Å². The topological polar surface area (TPSA) is 117 Å². The minimum atomic E-state index is -0.464. The van der Waals surface area contributed by atoms with E-state index in [2.05, 4.69) is 10.1 Å². The number of benzene rings is 2. The van der Waals surface area contributed by atoms with Crippen LogP contribution in [-0.2, 0) is 6.54 Å². The average Bonchev–Trinajstić information content (AvgIpc) is 3.11. The third-order valence-corrected chi connectivity index (χ3v) is 3.49. The minimum Gasteiger partial charge on any atom is -0.496 e. The van der Waals surface area contributed by atoms with Crippen molar-refractivity contribution in [1.82, 2.24) is 10.1 Å². The first-order valence-corrected chi connectivity index (χ1v) is 7.08. The number of nitro groups is 1. The smallest absolute Gasteiger partial charge is 0.269 e. The largest absolute Gasteiger partial charge is 0.496 e. The molecule has 3 rings (SSSR count). The fraction of sp³-hybridized carbons (Fsp3) is 0.125. The van der Waals surface area contributed by atoms with Gasteiger partial charge in [0.15, 0.2) is 0 Å². The summed E-state index contributed by atoms with van der Waals surface area (Å²) in [6.07, 6.45) is 0. The number of methoxy groups -OCH3 is 1. The van der Waals surface area contributed by atoms with Gasteiger partial charge in [0, 0.05) is 24.2 Å². The number of ether oxygens (including phenoxy) is 1. The second kappa shape index (κ2) is 6.47. The van der Waals surface area contributed by atoms with E-state index in [1.165, 1.54) is 12.1 Å². The summed E-state index contributed by atoms with van der Waals surface area (Å²) < 4.78 is 10.6. The highest BCUT2D eigenvalue weighted by Gasteiger charge is 2.16. The number of non-ortho nitro benzene ring substituents is 1. The van der Waals surface area contributed by atoms with E-state index in [-0.39, 0.29) is 11.6 Å². The highest BCUT2D eigenvalue weighted by Crippen LogP contribution is 2.31. The van der Waals surface area contributed by atoms with Gasteiger partial charge in [-0.3, -0.25) is 10.1 Å². The molecule has 0 fully saturated rings. The first-order chi connectivity index (χ1) is 11.6. The predicted octanol–water partition coefficient (Wildman–Crippen LogP) is 2.78. The van der Waals surface area contributed by atoms with Crippen molar-refractivity contribution in [3.63, 3.8) is 0 Å². The lowest BCUT2D eigenvalue weighted by Crippen LogP contribution is -1.97. The summed E-state index contributed by atoms with van der Waals surface area (Å²) in [5.41, 5.74) is 7.82. The molecule has 0 bridgehead atoms. The van der Waals surface area contributed by atoms with E-state index >= 15 is 0 Å². The third-order valence-electron chi connectivity index (χ3n) is 3.49. The molecular weight excluding hydrogens is 312 g/mol. The van der Waals surface area contributed by atoms with Crippen LogP contribution in [0.2, 0.25) is 0 Å². The second-order valence-corrected chi connectivity index (χ2v) is 4.97. The van der Waals surface area contributed by atoms with Crippen LogP contribution in [0.1, 0.15) is 5.56 Å². The molecule has 122 valence electrons. The summed E-state index contributed by atoms with van der Waals surface area (Å²) in [5.74, 6) is 1.21. The van der Waals surface area contributed by atoms with Crippen LogP contribution in [0.4, 0.5) is 5.69 Å². The summed E-state index contributed by atoms with van der Waals surface area (Å²) in [5, 5.41) is 14.6. The lowest BCUT2D eigenvalue weighted by atomic mass is 10.1. The molecule has 3 aromatic rings. The monoisotopic (exact) mass is 326 g/mol. The fourth-order valence-electron chi connectivity index (χ4n) is 2.23. The molecule has 0 radical (unpaired) electrons. The SMILES string of the molecule is COc1ccc(CN)cc1-c1nc(-c2ccc([N+](=O)[O-])cc2)no1. The van der Waals surface area contributed by atoms with Crippen LogP contribution in [0.5, 0.6) is 5.75 Å². The Labute approximate surface area is 137 Å². The van der Waals surface area contributed by atoms with E-state index in [1.54, 1.807) is 25.3 Å². The first kappa shape index (κ1) is 15.6. The normalized spacial score (nSPS) is 10.6. The molecule has 0 spiro atoms. The van der Waals surface area contributed by atoms with Crippen LogP contribution < -0.4 is 10.5 Å². The van der Waals surface area contributed by atoms with Gasteiger partial charge in [-0.2, -0.15) is 4.98 Å². The Bertz CT molecular complexity index is 874. The van der Waals surface area contributed by atoms with Crippen LogP contribution in [0.25, 0.3) is 22.8 Å². The molecule has 0 aliphatic heterocycles. The van der Waals surface area contributed by atoms with Gasteiger partial charge in [-0.15, -0.1) is 0 Å². The molecule has 1 heterocycles. The zero-order valence-electron chi connectivity index (χ0n) is 12.8. The molecule has 0 unspecified atom stereocenters. The van der Waals surface area contributed by atoms with E-state index in [4.69, 9.17) is 15.0 Å². The van der Waals surface area contributed by atoms with E-state index in [9.17, 15) is 10.1 Å². The van der Waals surface area contributed by atoms with Crippen molar-refractivity contribution in [3.05, 3.63) is 58.1 Å². The van der Waals surface area contributed by atoms with Gasteiger partial charge in [-0.05, 0) is 29.8 Å². The summed E-state index contributed by atoms with van der Waals surface area (Å²) in [7, 11) is 1.55. The minimum absolute atomic E-state index is 0.000199. The van der Waals surface area contributed by atoms with Crippen LogP contribution in [0.3, 0.4) is 0 Å². The Kier molecular flexibility index (Phi) is 4.21. The Hall–Kier alpha value is -3.26. The maximum atomic E-state index is 10.7. The van der Waals surface area contributed by atoms with Crippen molar-refractivity contribution < 1.29 is 14.2 Å². The van der Waals surface area contributed by atoms with Gasteiger partial charge in [0.05, 0.1) is 17.6 Å². The quantitative estimate of drug-likeness (QED) is 0.565. The van der Waals surface area contributed by atoms with E-state index in [0.717, 1.165) is 5.56 Å². The summed E-state index contributed by atoms with van der Waals surface area (Å²) in [6, 6.07) is 11.4.